The van der Waals surface area contributed by atoms with Crippen molar-refractivity contribution in [3.8, 4) is 5.88 Å². The van der Waals surface area contributed by atoms with Crippen LogP contribution in [0.25, 0.3) is 0 Å². The summed E-state index contributed by atoms with van der Waals surface area (Å²) in [7, 11) is 1.58. The van der Waals surface area contributed by atoms with Crippen LogP contribution in [0.1, 0.15) is 5.56 Å². The molecule has 12 heavy (non-hydrogen) atoms. The zero-order chi connectivity index (χ0) is 8.27. The first kappa shape index (κ1) is 11.7. The van der Waals surface area contributed by atoms with Crippen LogP contribution in [0.15, 0.2) is 16.7 Å². The minimum atomic E-state index is 0. The van der Waals surface area contributed by atoms with Gasteiger partial charge in [0.25, 0.3) is 0 Å². The van der Waals surface area contributed by atoms with Crippen LogP contribution in [0.3, 0.4) is 0 Å². The van der Waals surface area contributed by atoms with E-state index in [0.717, 1.165) is 10.2 Å². The fraction of sp³-hybridized carbons (Fsp3) is 0.286. The number of ether oxygens (including phenoxy) is 1. The molecule has 0 unspecified atom stereocenters. The number of halogens is 2. The van der Waals surface area contributed by atoms with E-state index in [4.69, 9.17) is 10.5 Å². The molecule has 1 heterocycles. The molecule has 0 saturated carbocycles. The molecule has 0 bridgehead atoms. The maximum atomic E-state index is 5.44. The van der Waals surface area contributed by atoms with E-state index in [1.165, 1.54) is 0 Å². The summed E-state index contributed by atoms with van der Waals surface area (Å²) in [5, 5.41) is 0. The summed E-state index contributed by atoms with van der Waals surface area (Å²) in [5.41, 5.74) is 6.35. The molecule has 3 nitrogen and oxygen atoms in total. The maximum Gasteiger partial charge on any atom is 0.218 e. The molecular weight excluding hydrogens is 243 g/mol. The Morgan fingerprint density at radius 1 is 1.58 bits per heavy atom. The average molecular weight is 254 g/mol. The molecule has 5 heteroatoms. The van der Waals surface area contributed by atoms with Crippen LogP contribution in [0, 0.1) is 0 Å². The third kappa shape index (κ3) is 2.62. The van der Waals surface area contributed by atoms with Crippen LogP contribution in [0.2, 0.25) is 0 Å². The SMILES string of the molecule is COc1nc(Br)ccc1CN.Cl. The standard InChI is InChI=1S/C7H9BrN2O.ClH/c1-11-7-5(4-9)2-3-6(8)10-7;/h2-3H,4,9H2,1H3;1H. The summed E-state index contributed by atoms with van der Waals surface area (Å²) in [6, 6.07) is 3.72. The predicted octanol–water partition coefficient (Wildman–Crippen LogP) is 1.73. The first-order chi connectivity index (χ1) is 5.27. The van der Waals surface area contributed by atoms with Crippen molar-refractivity contribution in [3.63, 3.8) is 0 Å². The van der Waals surface area contributed by atoms with Gasteiger partial charge < -0.3 is 10.5 Å². The lowest BCUT2D eigenvalue weighted by atomic mass is 10.3. The van der Waals surface area contributed by atoms with Crippen molar-refractivity contribution in [2.75, 3.05) is 7.11 Å². The van der Waals surface area contributed by atoms with Crippen molar-refractivity contribution >= 4 is 28.3 Å². The summed E-state index contributed by atoms with van der Waals surface area (Å²) in [6.07, 6.45) is 0. The summed E-state index contributed by atoms with van der Waals surface area (Å²) in [6.45, 7) is 0.448. The molecule has 0 atom stereocenters. The Hall–Kier alpha value is -0.320. The van der Waals surface area contributed by atoms with E-state index in [-0.39, 0.29) is 12.4 Å². The number of nitrogens with two attached hydrogens (primary N) is 1. The fourth-order valence-electron chi connectivity index (χ4n) is 0.779. The number of hydrogen-bond acceptors (Lipinski definition) is 3. The van der Waals surface area contributed by atoms with E-state index >= 15 is 0 Å². The van der Waals surface area contributed by atoms with E-state index in [0.29, 0.717) is 12.4 Å². The molecule has 0 aliphatic carbocycles. The molecule has 0 saturated heterocycles. The Bertz CT molecular complexity index is 257. The van der Waals surface area contributed by atoms with Gasteiger partial charge in [-0.25, -0.2) is 4.98 Å². The van der Waals surface area contributed by atoms with Gasteiger partial charge in [-0.05, 0) is 28.1 Å². The largest absolute Gasteiger partial charge is 0.481 e. The van der Waals surface area contributed by atoms with Crippen molar-refractivity contribution in [1.82, 2.24) is 4.98 Å². The lowest BCUT2D eigenvalue weighted by molar-refractivity contribution is 0.392. The Kier molecular flexibility index (Phi) is 5.20. The van der Waals surface area contributed by atoms with Gasteiger partial charge in [0, 0.05) is 12.1 Å². The van der Waals surface area contributed by atoms with Crippen LogP contribution in [-0.4, -0.2) is 12.1 Å². The van der Waals surface area contributed by atoms with Gasteiger partial charge in [-0.1, -0.05) is 0 Å². The molecule has 1 aromatic heterocycles. The van der Waals surface area contributed by atoms with Crippen molar-refractivity contribution in [3.05, 3.63) is 22.3 Å². The number of nitrogens with zero attached hydrogens (tertiary/aromatic N) is 1. The summed E-state index contributed by atoms with van der Waals surface area (Å²) >= 11 is 3.23. The van der Waals surface area contributed by atoms with Crippen LogP contribution >= 0.6 is 28.3 Å². The zero-order valence-electron chi connectivity index (χ0n) is 6.58. The van der Waals surface area contributed by atoms with Gasteiger partial charge in [-0.15, -0.1) is 12.4 Å². The van der Waals surface area contributed by atoms with Crippen molar-refractivity contribution in [1.29, 1.82) is 0 Å². The van der Waals surface area contributed by atoms with Gasteiger partial charge >= 0.3 is 0 Å². The van der Waals surface area contributed by atoms with E-state index in [1.54, 1.807) is 7.11 Å². The first-order valence-electron chi connectivity index (χ1n) is 3.17. The minimum Gasteiger partial charge on any atom is -0.481 e. The Morgan fingerprint density at radius 2 is 2.25 bits per heavy atom. The van der Waals surface area contributed by atoms with E-state index in [9.17, 15) is 0 Å². The summed E-state index contributed by atoms with van der Waals surface area (Å²) in [5.74, 6) is 0.585. The normalized spacial score (nSPS) is 8.92. The molecule has 0 fully saturated rings. The molecule has 0 spiro atoms. The average Bonchev–Trinajstić information content (AvgIpc) is 2.04. The third-order valence-electron chi connectivity index (χ3n) is 1.32. The van der Waals surface area contributed by atoms with Gasteiger partial charge in [0.05, 0.1) is 7.11 Å². The second-order valence-corrected chi connectivity index (χ2v) is 2.82. The van der Waals surface area contributed by atoms with Crippen molar-refractivity contribution in [2.24, 2.45) is 5.73 Å². The lowest BCUT2D eigenvalue weighted by Gasteiger charge is -2.04. The van der Waals surface area contributed by atoms with Gasteiger partial charge in [0.2, 0.25) is 5.88 Å². The van der Waals surface area contributed by atoms with Crippen molar-refractivity contribution < 1.29 is 4.74 Å². The highest BCUT2D eigenvalue weighted by atomic mass is 79.9. The topological polar surface area (TPSA) is 48.1 Å². The monoisotopic (exact) mass is 252 g/mol. The number of rotatable bonds is 2. The molecule has 0 amide bonds. The highest BCUT2D eigenvalue weighted by molar-refractivity contribution is 9.10. The van der Waals surface area contributed by atoms with Gasteiger partial charge in [0.15, 0.2) is 0 Å². The molecule has 2 N–H and O–H groups in total. The van der Waals surface area contributed by atoms with Gasteiger partial charge in [-0.3, -0.25) is 0 Å². The summed E-state index contributed by atoms with van der Waals surface area (Å²) in [4.78, 5) is 4.08. The molecule has 0 radical (unpaired) electrons. The summed E-state index contributed by atoms with van der Waals surface area (Å²) < 4.78 is 5.75. The quantitative estimate of drug-likeness (QED) is 0.817. The highest BCUT2D eigenvalue weighted by Gasteiger charge is 2.01. The van der Waals surface area contributed by atoms with Crippen LogP contribution in [0.4, 0.5) is 0 Å². The molecule has 0 aliphatic rings. The third-order valence-corrected chi connectivity index (χ3v) is 1.76. The fourth-order valence-corrected chi connectivity index (χ4v) is 1.07. The van der Waals surface area contributed by atoms with E-state index in [1.807, 2.05) is 12.1 Å². The van der Waals surface area contributed by atoms with E-state index in [2.05, 4.69) is 20.9 Å². The number of pyridine rings is 1. The Labute approximate surface area is 85.9 Å². The number of hydrogen-bond donors (Lipinski definition) is 1. The Morgan fingerprint density at radius 3 is 2.75 bits per heavy atom. The number of aromatic nitrogens is 1. The van der Waals surface area contributed by atoms with E-state index < -0.39 is 0 Å². The van der Waals surface area contributed by atoms with Crippen LogP contribution in [-0.2, 0) is 6.54 Å². The van der Waals surface area contributed by atoms with Gasteiger partial charge in [-0.2, -0.15) is 0 Å². The minimum absolute atomic E-state index is 0. The first-order valence-corrected chi connectivity index (χ1v) is 3.96. The maximum absolute atomic E-state index is 5.44. The highest BCUT2D eigenvalue weighted by Crippen LogP contribution is 2.17. The van der Waals surface area contributed by atoms with Crippen LogP contribution < -0.4 is 10.5 Å². The molecule has 1 rings (SSSR count). The van der Waals surface area contributed by atoms with Gasteiger partial charge in [0.1, 0.15) is 4.60 Å². The molecule has 0 aliphatic heterocycles. The predicted molar refractivity (Wildman–Crippen MR) is 53.6 cm³/mol. The Balaban J connectivity index is 0.00000121. The molecule has 0 aromatic carbocycles. The zero-order valence-corrected chi connectivity index (χ0v) is 8.98. The number of methoxy groups -OCH3 is 1. The van der Waals surface area contributed by atoms with Crippen LogP contribution in [0.5, 0.6) is 5.88 Å². The molecular formula is C7H10BrClN2O. The second kappa shape index (κ2) is 5.35. The smallest absolute Gasteiger partial charge is 0.218 e. The molecule has 1 aromatic rings. The lowest BCUT2D eigenvalue weighted by Crippen LogP contribution is -2.01. The van der Waals surface area contributed by atoms with Crippen molar-refractivity contribution in [2.45, 2.75) is 6.54 Å². The molecule has 68 valence electrons. The second-order valence-electron chi connectivity index (χ2n) is 2.01.